The van der Waals surface area contributed by atoms with Crippen LogP contribution in [-0.4, -0.2) is 21.9 Å². The molecule has 10 heteroatoms. The van der Waals surface area contributed by atoms with Gasteiger partial charge in [-0.05, 0) is 36.0 Å². The number of nitrogens with zero attached hydrogens (tertiary/aromatic N) is 1. The Labute approximate surface area is 164 Å². The zero-order valence-corrected chi connectivity index (χ0v) is 15.2. The third-order valence-corrected chi connectivity index (χ3v) is 3.74. The lowest BCUT2D eigenvalue weighted by Gasteiger charge is -2.09. The van der Waals surface area contributed by atoms with Crippen LogP contribution in [0.25, 0.3) is 6.08 Å². The molecule has 2 aromatic rings. The van der Waals surface area contributed by atoms with Crippen molar-refractivity contribution < 1.29 is 14.5 Å². The number of hydrogen-bond donors (Lipinski definition) is 3. The Morgan fingerprint density at radius 3 is 2.44 bits per heavy atom. The molecule has 0 aliphatic carbocycles. The predicted molar refractivity (Wildman–Crippen MR) is 105 cm³/mol. The molecule has 0 aliphatic rings. The number of nitro groups is 1. The normalized spacial score (nSPS) is 10.3. The SMILES string of the molecule is O=C(/C=C/c1ccccc1Cl)NC(=S)NNC(=O)c1ccccc1[N+](=O)[O-]. The van der Waals surface area contributed by atoms with E-state index in [-0.39, 0.29) is 16.4 Å². The summed E-state index contributed by atoms with van der Waals surface area (Å²) in [4.78, 5) is 34.1. The highest BCUT2D eigenvalue weighted by Crippen LogP contribution is 2.17. The molecule has 0 saturated carbocycles. The highest BCUT2D eigenvalue weighted by atomic mass is 35.5. The van der Waals surface area contributed by atoms with E-state index in [2.05, 4.69) is 16.2 Å². The molecule has 0 bridgehead atoms. The van der Waals surface area contributed by atoms with Gasteiger partial charge in [0.25, 0.3) is 11.6 Å². The van der Waals surface area contributed by atoms with Crippen LogP contribution >= 0.6 is 23.8 Å². The molecule has 0 unspecified atom stereocenters. The summed E-state index contributed by atoms with van der Waals surface area (Å²) >= 11 is 10.9. The van der Waals surface area contributed by atoms with Gasteiger partial charge in [-0.3, -0.25) is 35.9 Å². The van der Waals surface area contributed by atoms with Gasteiger partial charge in [0.15, 0.2) is 5.11 Å². The molecule has 2 amide bonds. The van der Waals surface area contributed by atoms with E-state index in [1.165, 1.54) is 36.4 Å². The average molecular weight is 405 g/mol. The number of hydrogen-bond acceptors (Lipinski definition) is 5. The second-order valence-corrected chi connectivity index (χ2v) is 5.84. The number of amides is 2. The number of nitro benzene ring substituents is 1. The van der Waals surface area contributed by atoms with Gasteiger partial charge in [0.2, 0.25) is 5.91 Å². The minimum atomic E-state index is -0.773. The Kier molecular flexibility index (Phi) is 6.98. The second-order valence-electron chi connectivity index (χ2n) is 5.03. The Balaban J connectivity index is 1.89. The first-order chi connectivity index (χ1) is 12.9. The molecule has 0 spiro atoms. The van der Waals surface area contributed by atoms with Crippen LogP contribution in [0.2, 0.25) is 5.02 Å². The quantitative estimate of drug-likeness (QED) is 0.312. The maximum absolute atomic E-state index is 12.0. The molecule has 0 aromatic heterocycles. The van der Waals surface area contributed by atoms with Gasteiger partial charge in [0.05, 0.1) is 4.92 Å². The van der Waals surface area contributed by atoms with Crippen LogP contribution in [0.1, 0.15) is 15.9 Å². The van der Waals surface area contributed by atoms with E-state index in [1.807, 2.05) is 0 Å². The number of benzene rings is 2. The number of carbonyl (C=O) groups excluding carboxylic acids is 2. The van der Waals surface area contributed by atoms with Crippen molar-refractivity contribution in [3.05, 3.63) is 80.9 Å². The van der Waals surface area contributed by atoms with E-state index in [4.69, 9.17) is 23.8 Å². The van der Waals surface area contributed by atoms with Crippen molar-refractivity contribution in [3.63, 3.8) is 0 Å². The first kappa shape index (κ1) is 20.0. The zero-order chi connectivity index (χ0) is 19.8. The smallest absolute Gasteiger partial charge is 0.282 e. The molecule has 0 atom stereocenters. The Hall–Kier alpha value is -3.30. The minimum absolute atomic E-state index is 0.150. The monoisotopic (exact) mass is 404 g/mol. The van der Waals surface area contributed by atoms with E-state index in [9.17, 15) is 19.7 Å². The highest BCUT2D eigenvalue weighted by Gasteiger charge is 2.19. The van der Waals surface area contributed by atoms with Crippen molar-refractivity contribution in [3.8, 4) is 0 Å². The Morgan fingerprint density at radius 2 is 1.74 bits per heavy atom. The molecule has 0 fully saturated rings. The highest BCUT2D eigenvalue weighted by molar-refractivity contribution is 7.80. The van der Waals surface area contributed by atoms with E-state index in [1.54, 1.807) is 24.3 Å². The van der Waals surface area contributed by atoms with Crippen LogP contribution in [0.4, 0.5) is 5.69 Å². The van der Waals surface area contributed by atoms with Crippen LogP contribution in [0.15, 0.2) is 54.6 Å². The number of para-hydroxylation sites is 1. The molecule has 2 aromatic carbocycles. The summed E-state index contributed by atoms with van der Waals surface area (Å²) in [6.45, 7) is 0. The zero-order valence-electron chi connectivity index (χ0n) is 13.6. The molecule has 138 valence electrons. The molecule has 0 radical (unpaired) electrons. The number of hydrazine groups is 1. The van der Waals surface area contributed by atoms with Gasteiger partial charge < -0.3 is 0 Å². The fourth-order valence-electron chi connectivity index (χ4n) is 1.97. The molecule has 8 nitrogen and oxygen atoms in total. The summed E-state index contributed by atoms with van der Waals surface area (Å²) in [5, 5.41) is 13.5. The van der Waals surface area contributed by atoms with Gasteiger partial charge in [-0.25, -0.2) is 0 Å². The summed E-state index contributed by atoms with van der Waals surface area (Å²) in [6, 6.07) is 12.4. The summed E-state index contributed by atoms with van der Waals surface area (Å²) in [6.07, 6.45) is 2.73. The van der Waals surface area contributed by atoms with Crippen molar-refractivity contribution >= 4 is 52.5 Å². The third-order valence-electron chi connectivity index (χ3n) is 3.19. The van der Waals surface area contributed by atoms with Crippen LogP contribution < -0.4 is 16.2 Å². The van der Waals surface area contributed by atoms with Crippen LogP contribution in [-0.2, 0) is 4.79 Å². The van der Waals surface area contributed by atoms with E-state index >= 15 is 0 Å². The lowest BCUT2D eigenvalue weighted by molar-refractivity contribution is -0.385. The van der Waals surface area contributed by atoms with Crippen molar-refractivity contribution in [2.75, 3.05) is 0 Å². The Bertz CT molecular complexity index is 933. The summed E-state index contributed by atoms with van der Waals surface area (Å²) in [5.74, 6) is -1.32. The molecule has 3 N–H and O–H groups in total. The first-order valence-corrected chi connectivity index (χ1v) is 8.24. The van der Waals surface area contributed by atoms with Crippen molar-refractivity contribution in [1.29, 1.82) is 0 Å². The summed E-state index contributed by atoms with van der Waals surface area (Å²) in [7, 11) is 0. The molecular weight excluding hydrogens is 392 g/mol. The van der Waals surface area contributed by atoms with Gasteiger partial charge in [-0.1, -0.05) is 41.9 Å². The first-order valence-electron chi connectivity index (χ1n) is 7.46. The van der Waals surface area contributed by atoms with Gasteiger partial charge in [0, 0.05) is 17.2 Å². The fourth-order valence-corrected chi connectivity index (χ4v) is 2.32. The summed E-state index contributed by atoms with van der Waals surface area (Å²) < 4.78 is 0. The van der Waals surface area contributed by atoms with Gasteiger partial charge in [-0.2, -0.15) is 0 Å². The maximum atomic E-state index is 12.0. The molecule has 0 aliphatic heterocycles. The van der Waals surface area contributed by atoms with Crippen molar-refractivity contribution in [2.24, 2.45) is 0 Å². The van der Waals surface area contributed by atoms with Crippen LogP contribution in [0.5, 0.6) is 0 Å². The largest absolute Gasteiger partial charge is 0.298 e. The molecular formula is C17H13ClN4O4S. The maximum Gasteiger partial charge on any atom is 0.282 e. The van der Waals surface area contributed by atoms with Crippen LogP contribution in [0, 0.1) is 10.1 Å². The van der Waals surface area contributed by atoms with Crippen molar-refractivity contribution in [1.82, 2.24) is 16.2 Å². The van der Waals surface area contributed by atoms with Crippen molar-refractivity contribution in [2.45, 2.75) is 0 Å². The molecule has 0 saturated heterocycles. The second kappa shape index (κ2) is 9.41. The molecule has 0 heterocycles. The number of thiocarbonyl (C=S) groups is 1. The molecule has 2 rings (SSSR count). The predicted octanol–water partition coefficient (Wildman–Crippen LogP) is 2.60. The van der Waals surface area contributed by atoms with E-state index < -0.39 is 16.7 Å². The standard InChI is InChI=1S/C17H13ClN4O4S/c18-13-7-3-1-5-11(13)9-10-15(23)19-17(27)21-20-16(24)12-6-2-4-8-14(12)22(25)26/h1-10H,(H,20,24)(H2,19,21,23,27)/b10-9+. The summed E-state index contributed by atoms with van der Waals surface area (Å²) in [5.41, 5.74) is 4.64. The number of rotatable bonds is 4. The number of nitrogens with one attached hydrogen (secondary N) is 3. The lowest BCUT2D eigenvalue weighted by Crippen LogP contribution is -2.48. The fraction of sp³-hybridized carbons (Fsp3) is 0. The van der Waals surface area contributed by atoms with Gasteiger partial charge in [-0.15, -0.1) is 0 Å². The van der Waals surface area contributed by atoms with Crippen LogP contribution in [0.3, 0.4) is 0 Å². The molecule has 27 heavy (non-hydrogen) atoms. The van der Waals surface area contributed by atoms with Gasteiger partial charge >= 0.3 is 0 Å². The number of halogens is 1. The van der Waals surface area contributed by atoms with Gasteiger partial charge in [0.1, 0.15) is 5.56 Å². The Morgan fingerprint density at radius 1 is 1.07 bits per heavy atom. The average Bonchev–Trinajstić information content (AvgIpc) is 2.65. The third kappa shape index (κ3) is 5.87. The minimum Gasteiger partial charge on any atom is -0.298 e. The topological polar surface area (TPSA) is 113 Å². The number of carbonyl (C=O) groups is 2. The van der Waals surface area contributed by atoms with E-state index in [0.29, 0.717) is 10.6 Å². The lowest BCUT2D eigenvalue weighted by atomic mass is 10.2. The van der Waals surface area contributed by atoms with E-state index in [0.717, 1.165) is 0 Å².